The van der Waals surface area contributed by atoms with Crippen LogP contribution in [0.5, 0.6) is 0 Å². The molecule has 2 aliphatic heterocycles. The lowest BCUT2D eigenvalue weighted by Crippen LogP contribution is -2.42. The molecule has 2 aliphatic rings. The van der Waals surface area contributed by atoms with Gasteiger partial charge in [-0.2, -0.15) is 18.3 Å². The summed E-state index contributed by atoms with van der Waals surface area (Å²) in [5, 5.41) is 7.06. The van der Waals surface area contributed by atoms with Gasteiger partial charge in [-0.05, 0) is 38.3 Å². The second-order valence-electron chi connectivity index (χ2n) is 7.21. The number of piperidine rings is 1. The third kappa shape index (κ3) is 3.30. The molecule has 0 saturated carbocycles. The molecule has 1 fully saturated rings. The number of nitrogens with one attached hydrogen (secondary N) is 1. The minimum Gasteiger partial charge on any atom is -0.467 e. The molecule has 0 aliphatic carbocycles. The van der Waals surface area contributed by atoms with Crippen LogP contribution < -0.4 is 5.32 Å². The van der Waals surface area contributed by atoms with Crippen molar-refractivity contribution in [3.63, 3.8) is 0 Å². The summed E-state index contributed by atoms with van der Waals surface area (Å²) in [6, 6.07) is 2.30. The fourth-order valence-electron chi connectivity index (χ4n) is 3.90. The summed E-state index contributed by atoms with van der Waals surface area (Å²) in [5.74, 6) is 0.286. The average Bonchev–Trinajstić information content (AvgIpc) is 3.29. The second kappa shape index (κ2) is 6.61. The van der Waals surface area contributed by atoms with Gasteiger partial charge in [-0.3, -0.25) is 4.79 Å². The van der Waals surface area contributed by atoms with E-state index < -0.39 is 18.3 Å². The first-order valence-electron chi connectivity index (χ1n) is 9.12. The molecular weight excluding hydrogens is 361 g/mol. The zero-order valence-electron chi connectivity index (χ0n) is 14.9. The van der Waals surface area contributed by atoms with Gasteiger partial charge < -0.3 is 14.6 Å². The van der Waals surface area contributed by atoms with Crippen molar-refractivity contribution in [1.82, 2.24) is 14.7 Å². The van der Waals surface area contributed by atoms with E-state index in [9.17, 15) is 18.0 Å². The highest BCUT2D eigenvalue weighted by Gasteiger charge is 2.47. The molecule has 1 saturated heterocycles. The summed E-state index contributed by atoms with van der Waals surface area (Å²) in [4.78, 5) is 14.5. The van der Waals surface area contributed by atoms with Crippen LogP contribution in [0.3, 0.4) is 0 Å². The molecule has 0 unspecified atom stereocenters. The Bertz CT molecular complexity index is 815. The summed E-state index contributed by atoms with van der Waals surface area (Å²) in [6.45, 7) is 2.56. The molecule has 0 radical (unpaired) electrons. The summed E-state index contributed by atoms with van der Waals surface area (Å²) in [6.07, 6.45) is -0.464. The summed E-state index contributed by atoms with van der Waals surface area (Å²) >= 11 is 0. The normalized spacial score (nSPS) is 25.8. The smallest absolute Gasteiger partial charge is 0.410 e. The highest BCUT2D eigenvalue weighted by molar-refractivity contribution is 5.93. The molecule has 0 aromatic carbocycles. The number of fused-ring (bicyclic) bond motifs is 1. The molecule has 3 atom stereocenters. The Morgan fingerprint density at radius 3 is 2.85 bits per heavy atom. The molecule has 1 amide bonds. The molecule has 146 valence electrons. The van der Waals surface area contributed by atoms with Crippen LogP contribution in [0, 0.1) is 0 Å². The van der Waals surface area contributed by atoms with Gasteiger partial charge in [-0.15, -0.1) is 0 Å². The number of rotatable bonds is 2. The van der Waals surface area contributed by atoms with Crippen molar-refractivity contribution >= 4 is 11.7 Å². The number of carbonyl (C=O) groups is 1. The number of furan rings is 1. The molecule has 1 N–H and O–H groups in total. The fraction of sp³-hybridized carbons (Fsp3) is 0.556. The maximum absolute atomic E-state index is 13.6. The van der Waals surface area contributed by atoms with Gasteiger partial charge in [0.1, 0.15) is 11.6 Å². The van der Waals surface area contributed by atoms with Crippen molar-refractivity contribution in [1.29, 1.82) is 0 Å². The maximum Gasteiger partial charge on any atom is 0.410 e. The van der Waals surface area contributed by atoms with E-state index in [1.54, 1.807) is 17.0 Å². The Labute approximate surface area is 154 Å². The quantitative estimate of drug-likeness (QED) is 0.848. The number of anilines is 1. The molecule has 4 rings (SSSR count). The Hall–Kier alpha value is -2.45. The fourth-order valence-corrected chi connectivity index (χ4v) is 3.90. The van der Waals surface area contributed by atoms with Gasteiger partial charge in [0, 0.05) is 25.1 Å². The van der Waals surface area contributed by atoms with Crippen molar-refractivity contribution in [2.45, 2.75) is 56.9 Å². The number of alkyl halides is 3. The number of carbonyl (C=O) groups excluding carboxylic acids is 1. The van der Waals surface area contributed by atoms with Crippen molar-refractivity contribution < 1.29 is 22.4 Å². The first-order valence-corrected chi connectivity index (χ1v) is 9.12. The summed E-state index contributed by atoms with van der Waals surface area (Å²) in [7, 11) is 0. The van der Waals surface area contributed by atoms with Gasteiger partial charge in [0.2, 0.25) is 0 Å². The third-order valence-corrected chi connectivity index (χ3v) is 5.36. The lowest BCUT2D eigenvalue weighted by atomic mass is 10.0. The van der Waals surface area contributed by atoms with E-state index in [0.717, 1.165) is 23.9 Å². The highest BCUT2D eigenvalue weighted by Crippen LogP contribution is 2.43. The van der Waals surface area contributed by atoms with E-state index in [1.807, 2.05) is 6.92 Å². The van der Waals surface area contributed by atoms with E-state index in [2.05, 4.69) is 10.4 Å². The van der Waals surface area contributed by atoms with Crippen LogP contribution in [0.1, 0.15) is 60.9 Å². The monoisotopic (exact) mass is 382 g/mol. The first kappa shape index (κ1) is 17.9. The van der Waals surface area contributed by atoms with Crippen LogP contribution in [0.25, 0.3) is 0 Å². The number of nitrogens with zero attached hydrogens (tertiary/aromatic N) is 3. The van der Waals surface area contributed by atoms with Crippen molar-refractivity contribution in [3.05, 3.63) is 35.9 Å². The minimum atomic E-state index is -4.48. The Balaban J connectivity index is 1.66. The molecule has 0 bridgehead atoms. The summed E-state index contributed by atoms with van der Waals surface area (Å²) < 4.78 is 47.1. The van der Waals surface area contributed by atoms with Gasteiger partial charge in [-0.1, -0.05) is 0 Å². The SMILES string of the molecule is C[C@@H]1CCCCN1C(=O)c1cc2n(n1)[C@@H](C(F)(F)F)C[C@@H](c1ccco1)N2. The molecule has 6 nitrogen and oxygen atoms in total. The van der Waals surface area contributed by atoms with E-state index in [4.69, 9.17) is 4.42 Å². The number of likely N-dealkylation sites (tertiary alicyclic amines) is 1. The van der Waals surface area contributed by atoms with E-state index in [1.165, 1.54) is 12.3 Å². The largest absolute Gasteiger partial charge is 0.467 e. The van der Waals surface area contributed by atoms with Gasteiger partial charge in [0.15, 0.2) is 11.7 Å². The predicted molar refractivity (Wildman–Crippen MR) is 91.4 cm³/mol. The van der Waals surface area contributed by atoms with Crippen LogP contribution >= 0.6 is 0 Å². The number of hydrogen-bond donors (Lipinski definition) is 1. The zero-order valence-corrected chi connectivity index (χ0v) is 14.9. The Morgan fingerprint density at radius 2 is 2.19 bits per heavy atom. The topological polar surface area (TPSA) is 63.3 Å². The Kier molecular flexibility index (Phi) is 4.39. The van der Waals surface area contributed by atoms with Crippen LogP contribution in [0.2, 0.25) is 0 Å². The van der Waals surface area contributed by atoms with Gasteiger partial charge in [-0.25, -0.2) is 4.68 Å². The number of hydrogen-bond acceptors (Lipinski definition) is 4. The van der Waals surface area contributed by atoms with Crippen molar-refractivity contribution in [3.8, 4) is 0 Å². The van der Waals surface area contributed by atoms with Crippen LogP contribution in [0.4, 0.5) is 19.0 Å². The van der Waals surface area contributed by atoms with Crippen LogP contribution in [-0.2, 0) is 0 Å². The lowest BCUT2D eigenvalue weighted by Gasteiger charge is -2.33. The maximum atomic E-state index is 13.6. The number of aromatic nitrogens is 2. The third-order valence-electron chi connectivity index (χ3n) is 5.36. The molecule has 2 aromatic rings. The van der Waals surface area contributed by atoms with E-state index in [-0.39, 0.29) is 29.9 Å². The molecule has 27 heavy (non-hydrogen) atoms. The predicted octanol–water partition coefficient (Wildman–Crippen LogP) is 4.15. The highest BCUT2D eigenvalue weighted by atomic mass is 19.4. The second-order valence-corrected chi connectivity index (χ2v) is 7.21. The van der Waals surface area contributed by atoms with Crippen molar-refractivity contribution in [2.24, 2.45) is 0 Å². The number of halogens is 3. The summed E-state index contributed by atoms with van der Waals surface area (Å²) in [5.41, 5.74) is 0.0422. The van der Waals surface area contributed by atoms with Gasteiger partial charge >= 0.3 is 6.18 Å². The average molecular weight is 382 g/mol. The van der Waals surface area contributed by atoms with Crippen molar-refractivity contribution in [2.75, 3.05) is 11.9 Å². The minimum absolute atomic E-state index is 0.0422. The molecule has 2 aromatic heterocycles. The van der Waals surface area contributed by atoms with E-state index in [0.29, 0.717) is 12.3 Å². The van der Waals surface area contributed by atoms with Gasteiger partial charge in [0.25, 0.3) is 5.91 Å². The van der Waals surface area contributed by atoms with Gasteiger partial charge in [0.05, 0.1) is 12.3 Å². The van der Waals surface area contributed by atoms with E-state index >= 15 is 0 Å². The standard InChI is InChI=1S/C18H21F3N4O2/c1-11-5-2-3-7-24(11)17(26)13-10-16-22-12(14-6-4-8-27-14)9-15(18(19,20)21)25(16)23-13/h4,6,8,10-12,15,22H,2-3,5,7,9H2,1H3/t11-,12+,15-/m1/s1. The van der Waals surface area contributed by atoms with Crippen LogP contribution in [0.15, 0.2) is 28.9 Å². The molecule has 4 heterocycles. The number of amides is 1. The molecule has 0 spiro atoms. The zero-order chi connectivity index (χ0) is 19.2. The molecular formula is C18H21F3N4O2. The van der Waals surface area contributed by atoms with Crippen LogP contribution in [-0.4, -0.2) is 39.4 Å². The lowest BCUT2D eigenvalue weighted by molar-refractivity contribution is -0.174. The Morgan fingerprint density at radius 1 is 1.37 bits per heavy atom. The molecule has 9 heteroatoms. The first-order chi connectivity index (χ1) is 12.8.